The smallest absolute Gasteiger partial charge is 0.274 e. The Morgan fingerprint density at radius 2 is 1.95 bits per heavy atom. The zero-order chi connectivity index (χ0) is 15.5. The van der Waals surface area contributed by atoms with Crippen molar-refractivity contribution in [2.45, 2.75) is 33.1 Å². The van der Waals surface area contributed by atoms with Gasteiger partial charge in [0.05, 0.1) is 12.3 Å². The van der Waals surface area contributed by atoms with Crippen LogP contribution in [0, 0.1) is 0 Å². The fraction of sp³-hybridized carbons (Fsp3) is 0.400. The predicted octanol–water partition coefficient (Wildman–Crippen LogP) is 2.60. The van der Waals surface area contributed by atoms with Crippen LogP contribution in [0.15, 0.2) is 29.1 Å². The highest BCUT2D eigenvalue weighted by atomic mass is 16.5. The van der Waals surface area contributed by atoms with Gasteiger partial charge in [-0.1, -0.05) is 32.9 Å². The van der Waals surface area contributed by atoms with Gasteiger partial charge in [-0.15, -0.1) is 10.2 Å². The number of anilines is 2. The van der Waals surface area contributed by atoms with Crippen LogP contribution in [-0.2, 0) is 5.41 Å². The first-order chi connectivity index (χ1) is 9.91. The van der Waals surface area contributed by atoms with Crippen LogP contribution in [0.25, 0.3) is 0 Å². The van der Waals surface area contributed by atoms with Gasteiger partial charge in [0.1, 0.15) is 11.4 Å². The van der Waals surface area contributed by atoms with E-state index in [0.717, 1.165) is 5.69 Å². The molecule has 0 aliphatic rings. The molecule has 0 spiro atoms. The highest BCUT2D eigenvalue weighted by Gasteiger charge is 2.20. The molecule has 0 saturated heterocycles. The van der Waals surface area contributed by atoms with Crippen LogP contribution in [0.4, 0.5) is 11.6 Å². The maximum Gasteiger partial charge on any atom is 0.274 e. The Hall–Kier alpha value is -2.37. The minimum atomic E-state index is -0.345. The molecule has 6 heteroatoms. The second-order valence-corrected chi connectivity index (χ2v) is 5.66. The molecule has 0 fully saturated rings. The molecule has 0 bridgehead atoms. The quantitative estimate of drug-likeness (QED) is 0.904. The van der Waals surface area contributed by atoms with E-state index in [1.165, 1.54) is 0 Å². The lowest BCUT2D eigenvalue weighted by Crippen LogP contribution is -2.28. The lowest BCUT2D eigenvalue weighted by Gasteiger charge is -2.16. The van der Waals surface area contributed by atoms with E-state index in [4.69, 9.17) is 4.74 Å². The second-order valence-electron chi connectivity index (χ2n) is 5.66. The molecule has 0 aliphatic heterocycles. The van der Waals surface area contributed by atoms with Gasteiger partial charge in [0.2, 0.25) is 5.95 Å². The molecule has 2 aromatic rings. The van der Waals surface area contributed by atoms with Crippen LogP contribution >= 0.6 is 0 Å². The molecule has 112 valence electrons. The molecule has 1 heterocycles. The molecule has 1 aromatic heterocycles. The minimum absolute atomic E-state index is 0.242. The van der Waals surface area contributed by atoms with Gasteiger partial charge in [0.25, 0.3) is 5.56 Å². The lowest BCUT2D eigenvalue weighted by atomic mass is 9.93. The molecule has 2 N–H and O–H groups in total. The first kappa shape index (κ1) is 15.0. The zero-order valence-corrected chi connectivity index (χ0v) is 12.7. The number of hydrogen-bond acceptors (Lipinski definition) is 5. The number of benzene rings is 1. The van der Waals surface area contributed by atoms with Crippen LogP contribution in [0.2, 0.25) is 0 Å². The average molecular weight is 288 g/mol. The Bertz CT molecular complexity index is 674. The lowest BCUT2D eigenvalue weighted by molar-refractivity contribution is 0.342. The van der Waals surface area contributed by atoms with Gasteiger partial charge in [0.15, 0.2) is 0 Å². The summed E-state index contributed by atoms with van der Waals surface area (Å²) in [5.41, 5.74) is 0.551. The third kappa shape index (κ3) is 3.59. The third-order valence-corrected chi connectivity index (χ3v) is 2.85. The summed E-state index contributed by atoms with van der Waals surface area (Å²) in [6.07, 6.45) is 0. The normalized spacial score (nSPS) is 11.2. The second kappa shape index (κ2) is 5.95. The van der Waals surface area contributed by atoms with Crippen molar-refractivity contribution < 1.29 is 4.74 Å². The number of ether oxygens (including phenoxy) is 1. The van der Waals surface area contributed by atoms with Gasteiger partial charge in [-0.25, -0.2) is 0 Å². The summed E-state index contributed by atoms with van der Waals surface area (Å²) in [6.45, 7) is 8.23. The summed E-state index contributed by atoms with van der Waals surface area (Å²) < 4.78 is 5.51. The first-order valence-corrected chi connectivity index (χ1v) is 6.88. The number of hydrogen-bond donors (Lipinski definition) is 2. The highest BCUT2D eigenvalue weighted by molar-refractivity contribution is 5.62. The molecule has 6 nitrogen and oxygen atoms in total. The van der Waals surface area contributed by atoms with E-state index >= 15 is 0 Å². The van der Waals surface area contributed by atoms with Crippen molar-refractivity contribution in [1.82, 2.24) is 15.2 Å². The van der Waals surface area contributed by atoms with Crippen molar-refractivity contribution in [3.63, 3.8) is 0 Å². The van der Waals surface area contributed by atoms with Crippen LogP contribution < -0.4 is 15.6 Å². The summed E-state index contributed by atoms with van der Waals surface area (Å²) in [5.74, 6) is 0.989. The summed E-state index contributed by atoms with van der Waals surface area (Å²) in [4.78, 5) is 14.8. The maximum atomic E-state index is 12.1. The van der Waals surface area contributed by atoms with Gasteiger partial charge in [0, 0.05) is 5.41 Å². The van der Waals surface area contributed by atoms with Crippen molar-refractivity contribution >= 4 is 11.6 Å². The fourth-order valence-electron chi connectivity index (χ4n) is 1.86. The first-order valence-electron chi connectivity index (χ1n) is 6.88. The Morgan fingerprint density at radius 3 is 2.57 bits per heavy atom. The summed E-state index contributed by atoms with van der Waals surface area (Å²) >= 11 is 0. The van der Waals surface area contributed by atoms with Crippen molar-refractivity contribution in [2.75, 3.05) is 11.9 Å². The number of nitrogens with one attached hydrogen (secondary N) is 2. The van der Waals surface area contributed by atoms with Gasteiger partial charge in [-0.3, -0.25) is 9.78 Å². The van der Waals surface area contributed by atoms with Crippen molar-refractivity contribution in [3.05, 3.63) is 40.3 Å². The van der Waals surface area contributed by atoms with Crippen molar-refractivity contribution in [2.24, 2.45) is 0 Å². The van der Waals surface area contributed by atoms with Crippen LogP contribution in [-0.4, -0.2) is 21.8 Å². The Morgan fingerprint density at radius 1 is 1.24 bits per heavy atom. The molecule has 21 heavy (non-hydrogen) atoms. The third-order valence-electron chi connectivity index (χ3n) is 2.85. The van der Waals surface area contributed by atoms with E-state index < -0.39 is 0 Å². The summed E-state index contributed by atoms with van der Waals surface area (Å²) in [6, 6.07) is 7.46. The Balaban J connectivity index is 2.29. The number of nitrogens with zero attached hydrogens (tertiary/aromatic N) is 2. The topological polar surface area (TPSA) is 79.9 Å². The standard InChI is InChI=1S/C15H20N4O2/c1-5-21-11-9-7-6-8-10(11)16-14-17-13(20)12(18-19-14)15(2,3)4/h6-9H,5H2,1-4H3,(H2,16,17,19,20). The van der Waals surface area contributed by atoms with Gasteiger partial charge >= 0.3 is 0 Å². The predicted molar refractivity (Wildman–Crippen MR) is 82.2 cm³/mol. The molecule has 1 aromatic carbocycles. The molecule has 0 atom stereocenters. The van der Waals surface area contributed by atoms with Gasteiger partial charge in [-0.2, -0.15) is 0 Å². The van der Waals surface area contributed by atoms with E-state index in [9.17, 15) is 4.79 Å². The Labute approximate surface area is 123 Å². The van der Waals surface area contributed by atoms with Crippen LogP contribution in [0.3, 0.4) is 0 Å². The fourth-order valence-corrected chi connectivity index (χ4v) is 1.86. The van der Waals surface area contributed by atoms with E-state index in [1.807, 2.05) is 52.0 Å². The number of H-pyrrole nitrogens is 1. The molecule has 0 saturated carbocycles. The molecule has 0 amide bonds. The number of rotatable bonds is 4. The largest absolute Gasteiger partial charge is 0.492 e. The van der Waals surface area contributed by atoms with Crippen molar-refractivity contribution in [1.29, 1.82) is 0 Å². The molecule has 2 rings (SSSR count). The Kier molecular flexibility index (Phi) is 4.26. The van der Waals surface area contributed by atoms with E-state index in [1.54, 1.807) is 0 Å². The van der Waals surface area contributed by atoms with Crippen LogP contribution in [0.5, 0.6) is 5.75 Å². The molecule has 0 unspecified atom stereocenters. The molecular formula is C15H20N4O2. The van der Waals surface area contributed by atoms with Gasteiger partial charge in [-0.05, 0) is 19.1 Å². The van der Waals surface area contributed by atoms with Gasteiger partial charge < -0.3 is 10.1 Å². The SMILES string of the molecule is CCOc1ccccc1Nc1nnc(C(C)(C)C)c(=O)[nH]1. The maximum absolute atomic E-state index is 12.1. The molecule has 0 aliphatic carbocycles. The number of aromatic amines is 1. The van der Waals surface area contributed by atoms with E-state index in [2.05, 4.69) is 20.5 Å². The van der Waals surface area contributed by atoms with Crippen LogP contribution in [0.1, 0.15) is 33.4 Å². The summed E-state index contributed by atoms with van der Waals surface area (Å²) in [7, 11) is 0. The molecule has 0 radical (unpaired) electrons. The minimum Gasteiger partial charge on any atom is -0.492 e. The van der Waals surface area contributed by atoms with Crippen molar-refractivity contribution in [3.8, 4) is 5.75 Å². The summed E-state index contributed by atoms with van der Waals surface area (Å²) in [5, 5.41) is 11.1. The molecular weight excluding hydrogens is 268 g/mol. The van der Waals surface area contributed by atoms with E-state index in [0.29, 0.717) is 24.0 Å². The number of aromatic nitrogens is 3. The van der Waals surface area contributed by atoms with E-state index in [-0.39, 0.29) is 11.0 Å². The number of para-hydroxylation sites is 2. The average Bonchev–Trinajstić information content (AvgIpc) is 2.40. The monoisotopic (exact) mass is 288 g/mol. The zero-order valence-electron chi connectivity index (χ0n) is 12.7. The highest BCUT2D eigenvalue weighted by Crippen LogP contribution is 2.25.